The largest absolute Gasteiger partial charge is 0.463 e. The van der Waals surface area contributed by atoms with Crippen molar-refractivity contribution in [2.24, 2.45) is 7.05 Å². The van der Waals surface area contributed by atoms with Crippen molar-refractivity contribution >= 4 is 16.9 Å². The van der Waals surface area contributed by atoms with Crippen LogP contribution in [0.25, 0.3) is 11.2 Å². The summed E-state index contributed by atoms with van der Waals surface area (Å²) in [7, 11) is 3.34. The number of allylic oxidation sites excluding steroid dienone is 2. The van der Waals surface area contributed by atoms with Crippen LogP contribution in [0.5, 0.6) is 6.01 Å². The zero-order valence-corrected chi connectivity index (χ0v) is 18.2. The summed E-state index contributed by atoms with van der Waals surface area (Å²) in [5.74, 6) is -0.319. The predicted molar refractivity (Wildman–Crippen MR) is 119 cm³/mol. The van der Waals surface area contributed by atoms with Crippen LogP contribution in [0.3, 0.4) is 0 Å². The summed E-state index contributed by atoms with van der Waals surface area (Å²) in [4.78, 5) is 43.3. The number of imidazole rings is 1. The van der Waals surface area contributed by atoms with E-state index in [2.05, 4.69) is 10.3 Å². The number of hydrogen-bond donors (Lipinski definition) is 1. The lowest BCUT2D eigenvalue weighted by Gasteiger charge is -2.10. The molecule has 0 aliphatic heterocycles. The monoisotopic (exact) mass is 425 g/mol. The maximum Gasteiger partial charge on any atom is 0.332 e. The van der Waals surface area contributed by atoms with Gasteiger partial charge in [0.2, 0.25) is 0 Å². The third-order valence-corrected chi connectivity index (χ3v) is 4.86. The number of carbonyl (C=O) groups excluding carboxylic acids is 1. The van der Waals surface area contributed by atoms with Gasteiger partial charge >= 0.3 is 5.69 Å². The third kappa shape index (κ3) is 4.66. The normalized spacial score (nSPS) is 11.0. The molecule has 0 saturated carbocycles. The van der Waals surface area contributed by atoms with Crippen molar-refractivity contribution in [1.29, 1.82) is 0 Å². The van der Waals surface area contributed by atoms with Crippen LogP contribution in [-0.4, -0.2) is 44.7 Å². The molecule has 2 heterocycles. The van der Waals surface area contributed by atoms with Crippen molar-refractivity contribution < 1.29 is 9.53 Å². The standard InChI is InChI=1S/C22H27N5O4/c1-15(2)10-12-26-18-19(24-21(26)31-13-11-23-3)25(4)22(30)27(20(18)29)14-17(28)16-8-6-5-7-9-16/h5-10,23H,11-14H2,1-4H3. The van der Waals surface area contributed by atoms with Gasteiger partial charge < -0.3 is 10.1 Å². The van der Waals surface area contributed by atoms with Crippen LogP contribution in [-0.2, 0) is 20.1 Å². The molecule has 0 fully saturated rings. The van der Waals surface area contributed by atoms with Gasteiger partial charge in [-0.3, -0.25) is 23.3 Å². The Morgan fingerprint density at radius 1 is 1.16 bits per heavy atom. The van der Waals surface area contributed by atoms with Crippen LogP contribution < -0.4 is 21.3 Å². The molecule has 9 heteroatoms. The lowest BCUT2D eigenvalue weighted by atomic mass is 10.1. The van der Waals surface area contributed by atoms with Crippen LogP contribution in [0.4, 0.5) is 0 Å². The van der Waals surface area contributed by atoms with E-state index in [1.54, 1.807) is 34.9 Å². The second-order valence-corrected chi connectivity index (χ2v) is 7.43. The molecular weight excluding hydrogens is 398 g/mol. The highest BCUT2D eigenvalue weighted by atomic mass is 16.5. The molecule has 0 saturated heterocycles. The Balaban J connectivity index is 2.15. The predicted octanol–water partition coefficient (Wildman–Crippen LogP) is 1.34. The smallest absolute Gasteiger partial charge is 0.332 e. The summed E-state index contributed by atoms with van der Waals surface area (Å²) in [5.41, 5.74) is 0.772. The highest BCUT2D eigenvalue weighted by Crippen LogP contribution is 2.18. The van der Waals surface area contributed by atoms with Crippen LogP contribution in [0.2, 0.25) is 0 Å². The Morgan fingerprint density at radius 3 is 2.52 bits per heavy atom. The topological polar surface area (TPSA) is 100 Å². The fourth-order valence-electron chi connectivity index (χ4n) is 3.15. The van der Waals surface area contributed by atoms with Crippen molar-refractivity contribution in [3.8, 4) is 6.01 Å². The van der Waals surface area contributed by atoms with Gasteiger partial charge in [-0.15, -0.1) is 0 Å². The molecule has 2 aromatic heterocycles. The van der Waals surface area contributed by atoms with E-state index in [0.717, 1.165) is 10.1 Å². The molecule has 0 aliphatic rings. The summed E-state index contributed by atoms with van der Waals surface area (Å²) >= 11 is 0. The van der Waals surface area contributed by atoms with E-state index in [4.69, 9.17) is 4.74 Å². The molecule has 9 nitrogen and oxygen atoms in total. The van der Waals surface area contributed by atoms with Gasteiger partial charge in [-0.25, -0.2) is 4.79 Å². The van der Waals surface area contributed by atoms with Gasteiger partial charge in [0, 0.05) is 25.7 Å². The molecule has 0 radical (unpaired) electrons. The highest BCUT2D eigenvalue weighted by Gasteiger charge is 2.22. The van der Waals surface area contributed by atoms with Crippen molar-refractivity contribution in [3.05, 3.63) is 68.4 Å². The van der Waals surface area contributed by atoms with Gasteiger partial charge in [-0.1, -0.05) is 42.0 Å². The number of carbonyl (C=O) groups is 1. The van der Waals surface area contributed by atoms with E-state index in [9.17, 15) is 14.4 Å². The molecule has 0 amide bonds. The molecule has 1 aromatic carbocycles. The Hall–Kier alpha value is -3.46. The maximum absolute atomic E-state index is 13.3. The fourth-order valence-corrected chi connectivity index (χ4v) is 3.15. The van der Waals surface area contributed by atoms with Crippen LogP contribution in [0, 0.1) is 0 Å². The average molecular weight is 425 g/mol. The van der Waals surface area contributed by atoms with E-state index in [1.807, 2.05) is 27.0 Å². The molecule has 164 valence electrons. The zero-order valence-electron chi connectivity index (χ0n) is 18.2. The Bertz CT molecular complexity index is 1230. The zero-order chi connectivity index (χ0) is 22.5. The SMILES string of the molecule is CNCCOc1nc2c(c(=O)n(CC(=O)c3ccccc3)c(=O)n2C)n1CC=C(C)C. The molecule has 3 aromatic rings. The molecular formula is C22H27N5O4. The molecule has 31 heavy (non-hydrogen) atoms. The first-order valence-corrected chi connectivity index (χ1v) is 10.0. The number of rotatable bonds is 9. The van der Waals surface area contributed by atoms with Gasteiger partial charge in [0.1, 0.15) is 6.61 Å². The van der Waals surface area contributed by atoms with Crippen LogP contribution in [0.15, 0.2) is 51.6 Å². The number of ether oxygens (including phenoxy) is 1. The Kier molecular flexibility index (Phi) is 6.86. The van der Waals surface area contributed by atoms with Gasteiger partial charge in [-0.2, -0.15) is 4.98 Å². The average Bonchev–Trinajstić information content (AvgIpc) is 3.13. The molecule has 3 rings (SSSR count). The second-order valence-electron chi connectivity index (χ2n) is 7.43. The quantitative estimate of drug-likeness (QED) is 0.316. The number of aryl methyl sites for hydroxylation is 1. The van der Waals surface area contributed by atoms with Gasteiger partial charge in [-0.05, 0) is 20.9 Å². The lowest BCUT2D eigenvalue weighted by Crippen LogP contribution is -2.41. The first-order chi connectivity index (χ1) is 14.8. The van der Waals surface area contributed by atoms with Gasteiger partial charge in [0.05, 0.1) is 6.54 Å². The summed E-state index contributed by atoms with van der Waals surface area (Å²) in [6, 6.07) is 8.83. The number of nitrogens with one attached hydrogen (secondary N) is 1. The summed E-state index contributed by atoms with van der Waals surface area (Å²) in [6.45, 7) is 4.85. The molecule has 0 bridgehead atoms. The van der Waals surface area contributed by atoms with E-state index in [0.29, 0.717) is 25.3 Å². The van der Waals surface area contributed by atoms with E-state index < -0.39 is 11.2 Å². The van der Waals surface area contributed by atoms with Crippen molar-refractivity contribution in [1.82, 2.24) is 24.0 Å². The number of hydrogen-bond acceptors (Lipinski definition) is 6. The number of Topliss-reactive ketones (excluding diaryl/α,β-unsaturated/α-hetero) is 1. The highest BCUT2D eigenvalue weighted by molar-refractivity contribution is 5.95. The summed E-state index contributed by atoms with van der Waals surface area (Å²) < 4.78 is 9.64. The lowest BCUT2D eigenvalue weighted by molar-refractivity contribution is 0.0969. The van der Waals surface area contributed by atoms with E-state index in [1.165, 1.54) is 11.6 Å². The first kappa shape index (κ1) is 22.2. The summed E-state index contributed by atoms with van der Waals surface area (Å²) in [5, 5.41) is 2.99. The Labute approximate surface area is 179 Å². The fraction of sp³-hybridized carbons (Fsp3) is 0.364. The number of aromatic nitrogens is 4. The Morgan fingerprint density at radius 2 is 1.87 bits per heavy atom. The van der Waals surface area contributed by atoms with Crippen LogP contribution in [0.1, 0.15) is 24.2 Å². The maximum atomic E-state index is 13.3. The molecule has 1 N–H and O–H groups in total. The minimum absolute atomic E-state index is 0.222. The van der Waals surface area contributed by atoms with Crippen molar-refractivity contribution in [3.63, 3.8) is 0 Å². The van der Waals surface area contributed by atoms with E-state index >= 15 is 0 Å². The second kappa shape index (κ2) is 9.57. The molecule has 0 atom stereocenters. The first-order valence-electron chi connectivity index (χ1n) is 10.0. The summed E-state index contributed by atoms with van der Waals surface area (Å²) in [6.07, 6.45) is 1.94. The number of fused-ring (bicyclic) bond motifs is 1. The van der Waals surface area contributed by atoms with Crippen molar-refractivity contribution in [2.75, 3.05) is 20.2 Å². The van der Waals surface area contributed by atoms with Crippen LogP contribution >= 0.6 is 0 Å². The third-order valence-electron chi connectivity index (χ3n) is 4.86. The van der Waals surface area contributed by atoms with Crippen molar-refractivity contribution in [2.45, 2.75) is 26.9 Å². The van der Waals surface area contributed by atoms with E-state index in [-0.39, 0.29) is 29.5 Å². The molecule has 0 spiro atoms. The number of benzene rings is 1. The minimum atomic E-state index is -0.601. The minimum Gasteiger partial charge on any atom is -0.463 e. The molecule has 0 aliphatic carbocycles. The number of likely N-dealkylation sites (N-methyl/N-ethyl adjacent to an activating group) is 1. The number of nitrogens with zero attached hydrogens (tertiary/aromatic N) is 4. The molecule has 0 unspecified atom stereocenters. The van der Waals surface area contributed by atoms with Gasteiger partial charge in [0.25, 0.3) is 11.6 Å². The number of ketones is 1. The van der Waals surface area contributed by atoms with Gasteiger partial charge in [0.15, 0.2) is 16.9 Å².